The first kappa shape index (κ1) is 14.9. The Hall–Kier alpha value is -1.55. The molecule has 4 nitrogen and oxygen atoms in total. The molecule has 1 aromatic carbocycles. The first-order valence-electron chi connectivity index (χ1n) is 7.09. The highest BCUT2D eigenvalue weighted by molar-refractivity contribution is 5.70. The van der Waals surface area contributed by atoms with Crippen LogP contribution in [0.4, 0.5) is 0 Å². The van der Waals surface area contributed by atoms with Crippen LogP contribution in [0.2, 0.25) is 0 Å². The maximum Gasteiger partial charge on any atom is 0.308 e. The van der Waals surface area contributed by atoms with Crippen LogP contribution in [-0.2, 0) is 11.2 Å². The Bertz CT molecular complexity index is 513. The van der Waals surface area contributed by atoms with E-state index < -0.39 is 0 Å². The van der Waals surface area contributed by atoms with E-state index in [1.807, 2.05) is 12.1 Å². The third kappa shape index (κ3) is 2.66. The molecule has 1 aliphatic heterocycles. The van der Waals surface area contributed by atoms with Crippen molar-refractivity contribution in [1.82, 2.24) is 4.90 Å². The molecule has 0 unspecified atom stereocenters. The van der Waals surface area contributed by atoms with Crippen molar-refractivity contribution in [1.29, 1.82) is 0 Å². The standard InChI is InChI=1S/C16H23NO3/c1-6-13-7-12-8-15(19-5)16(20-11(3)18)9-14(12)10(2)17(13)4/h8-10,13H,6-7H2,1-5H3/t10-,13-/m1/s1. The third-order valence-corrected chi connectivity index (χ3v) is 4.24. The van der Waals surface area contributed by atoms with Crippen LogP contribution in [-0.4, -0.2) is 31.1 Å². The van der Waals surface area contributed by atoms with E-state index in [0.717, 1.165) is 12.8 Å². The second-order valence-corrected chi connectivity index (χ2v) is 5.40. The van der Waals surface area contributed by atoms with Crippen LogP contribution in [0.15, 0.2) is 12.1 Å². The van der Waals surface area contributed by atoms with Crippen LogP contribution in [0.1, 0.15) is 44.4 Å². The summed E-state index contributed by atoms with van der Waals surface area (Å²) in [5, 5.41) is 0. The molecule has 1 heterocycles. The first-order valence-corrected chi connectivity index (χ1v) is 7.09. The lowest BCUT2D eigenvalue weighted by Crippen LogP contribution is -2.39. The van der Waals surface area contributed by atoms with Gasteiger partial charge >= 0.3 is 5.97 Å². The van der Waals surface area contributed by atoms with E-state index in [0.29, 0.717) is 23.6 Å². The molecule has 1 aromatic rings. The molecule has 110 valence electrons. The van der Waals surface area contributed by atoms with Crippen molar-refractivity contribution in [2.45, 2.75) is 45.7 Å². The van der Waals surface area contributed by atoms with Crippen molar-refractivity contribution < 1.29 is 14.3 Å². The number of methoxy groups -OCH3 is 1. The van der Waals surface area contributed by atoms with Crippen molar-refractivity contribution in [3.05, 3.63) is 23.3 Å². The summed E-state index contributed by atoms with van der Waals surface area (Å²) in [7, 11) is 3.75. The second-order valence-electron chi connectivity index (χ2n) is 5.40. The molecule has 0 bridgehead atoms. The number of carbonyl (C=O) groups is 1. The SMILES string of the molecule is CC[C@@H]1Cc2cc(OC)c(OC(C)=O)cc2[C@@H](C)N1C. The Morgan fingerprint density at radius 3 is 2.65 bits per heavy atom. The van der Waals surface area contributed by atoms with Crippen molar-refractivity contribution in [3.63, 3.8) is 0 Å². The minimum Gasteiger partial charge on any atom is -0.493 e. The Labute approximate surface area is 120 Å². The van der Waals surface area contributed by atoms with Crippen LogP contribution in [0.3, 0.4) is 0 Å². The molecule has 0 aliphatic carbocycles. The van der Waals surface area contributed by atoms with Gasteiger partial charge in [-0.05, 0) is 50.1 Å². The summed E-state index contributed by atoms with van der Waals surface area (Å²) in [5.41, 5.74) is 2.50. The van der Waals surface area contributed by atoms with E-state index in [9.17, 15) is 4.79 Å². The zero-order valence-electron chi connectivity index (χ0n) is 12.9. The molecule has 0 aromatic heterocycles. The predicted octanol–water partition coefficient (Wildman–Crippen LogP) is 2.95. The minimum atomic E-state index is -0.327. The Balaban J connectivity index is 2.46. The number of esters is 1. The van der Waals surface area contributed by atoms with Gasteiger partial charge in [-0.3, -0.25) is 9.69 Å². The average Bonchev–Trinajstić information content (AvgIpc) is 2.42. The first-order chi connectivity index (χ1) is 9.47. The molecule has 4 heteroatoms. The molecular formula is C16H23NO3. The molecule has 0 amide bonds. The zero-order valence-corrected chi connectivity index (χ0v) is 12.9. The summed E-state index contributed by atoms with van der Waals surface area (Å²) in [6.07, 6.45) is 2.12. The number of carbonyl (C=O) groups excluding carboxylic acids is 1. The maximum absolute atomic E-state index is 11.2. The molecule has 1 aliphatic rings. The van der Waals surface area contributed by atoms with Gasteiger partial charge in [-0.2, -0.15) is 0 Å². The lowest BCUT2D eigenvalue weighted by Gasteiger charge is -2.39. The topological polar surface area (TPSA) is 38.8 Å². The maximum atomic E-state index is 11.2. The molecule has 20 heavy (non-hydrogen) atoms. The van der Waals surface area contributed by atoms with Crippen molar-refractivity contribution in [3.8, 4) is 11.5 Å². The van der Waals surface area contributed by atoms with Gasteiger partial charge in [-0.25, -0.2) is 0 Å². The highest BCUT2D eigenvalue weighted by Gasteiger charge is 2.29. The number of hydrogen-bond donors (Lipinski definition) is 0. The highest BCUT2D eigenvalue weighted by atomic mass is 16.6. The Kier molecular flexibility index (Phi) is 4.33. The normalized spacial score (nSPS) is 22.2. The van der Waals surface area contributed by atoms with Gasteiger partial charge in [-0.1, -0.05) is 6.92 Å². The Morgan fingerprint density at radius 2 is 2.10 bits per heavy atom. The third-order valence-electron chi connectivity index (χ3n) is 4.24. The second kappa shape index (κ2) is 5.83. The van der Waals surface area contributed by atoms with Crippen molar-refractivity contribution in [2.75, 3.05) is 14.2 Å². The van der Waals surface area contributed by atoms with E-state index in [-0.39, 0.29) is 5.97 Å². The molecule has 2 atom stereocenters. The molecule has 0 saturated heterocycles. The molecule has 0 fully saturated rings. The van der Waals surface area contributed by atoms with Gasteiger partial charge in [0.1, 0.15) is 0 Å². The smallest absolute Gasteiger partial charge is 0.308 e. The van der Waals surface area contributed by atoms with Crippen LogP contribution in [0, 0.1) is 0 Å². The van der Waals surface area contributed by atoms with E-state index in [1.54, 1.807) is 7.11 Å². The molecule has 0 spiro atoms. The number of rotatable bonds is 3. The lowest BCUT2D eigenvalue weighted by molar-refractivity contribution is -0.132. The largest absolute Gasteiger partial charge is 0.493 e. The van der Waals surface area contributed by atoms with Gasteiger partial charge in [0, 0.05) is 19.0 Å². The summed E-state index contributed by atoms with van der Waals surface area (Å²) in [6, 6.07) is 4.81. The number of fused-ring (bicyclic) bond motifs is 1. The van der Waals surface area contributed by atoms with E-state index in [1.165, 1.54) is 18.1 Å². The fourth-order valence-electron chi connectivity index (χ4n) is 2.94. The molecule has 0 saturated carbocycles. The fourth-order valence-corrected chi connectivity index (χ4v) is 2.94. The van der Waals surface area contributed by atoms with Gasteiger partial charge in [0.05, 0.1) is 7.11 Å². The molecule has 2 rings (SSSR count). The molecule has 0 N–H and O–H groups in total. The van der Waals surface area contributed by atoms with E-state index in [4.69, 9.17) is 9.47 Å². The summed E-state index contributed by atoms with van der Waals surface area (Å²) < 4.78 is 10.6. The lowest BCUT2D eigenvalue weighted by atomic mass is 9.88. The van der Waals surface area contributed by atoms with Crippen molar-refractivity contribution >= 4 is 5.97 Å². The fraction of sp³-hybridized carbons (Fsp3) is 0.562. The summed E-state index contributed by atoms with van der Waals surface area (Å²) >= 11 is 0. The summed E-state index contributed by atoms with van der Waals surface area (Å²) in [5.74, 6) is 0.811. The zero-order chi connectivity index (χ0) is 14.9. The average molecular weight is 277 g/mol. The van der Waals surface area contributed by atoms with Crippen LogP contribution in [0.25, 0.3) is 0 Å². The highest BCUT2D eigenvalue weighted by Crippen LogP contribution is 2.39. The van der Waals surface area contributed by atoms with E-state index in [2.05, 4.69) is 25.8 Å². The van der Waals surface area contributed by atoms with Crippen LogP contribution < -0.4 is 9.47 Å². The number of nitrogens with zero attached hydrogens (tertiary/aromatic N) is 1. The van der Waals surface area contributed by atoms with Gasteiger partial charge < -0.3 is 9.47 Å². The van der Waals surface area contributed by atoms with Gasteiger partial charge in [0.15, 0.2) is 11.5 Å². The monoisotopic (exact) mass is 277 g/mol. The van der Waals surface area contributed by atoms with Crippen LogP contribution in [0.5, 0.6) is 11.5 Å². The van der Waals surface area contributed by atoms with E-state index >= 15 is 0 Å². The predicted molar refractivity (Wildman–Crippen MR) is 78.3 cm³/mol. The quantitative estimate of drug-likeness (QED) is 0.629. The molecule has 0 radical (unpaired) electrons. The van der Waals surface area contributed by atoms with Crippen molar-refractivity contribution in [2.24, 2.45) is 0 Å². The summed E-state index contributed by atoms with van der Waals surface area (Å²) in [4.78, 5) is 13.6. The number of hydrogen-bond acceptors (Lipinski definition) is 4. The number of likely N-dealkylation sites (N-methyl/N-ethyl adjacent to an activating group) is 1. The number of benzene rings is 1. The van der Waals surface area contributed by atoms with Gasteiger partial charge in [0.2, 0.25) is 0 Å². The van der Waals surface area contributed by atoms with Gasteiger partial charge in [-0.15, -0.1) is 0 Å². The Morgan fingerprint density at radius 1 is 1.40 bits per heavy atom. The minimum absolute atomic E-state index is 0.309. The summed E-state index contributed by atoms with van der Waals surface area (Å²) in [6.45, 7) is 5.80. The van der Waals surface area contributed by atoms with Crippen LogP contribution >= 0.6 is 0 Å². The number of ether oxygens (including phenoxy) is 2. The molecular weight excluding hydrogens is 254 g/mol. The van der Waals surface area contributed by atoms with Gasteiger partial charge in [0.25, 0.3) is 0 Å².